The van der Waals surface area contributed by atoms with E-state index in [-0.39, 0.29) is 18.9 Å². The van der Waals surface area contributed by atoms with Crippen LogP contribution in [0.5, 0.6) is 0 Å². The Hall–Kier alpha value is -1.28. The van der Waals surface area contributed by atoms with Gasteiger partial charge in [-0.25, -0.2) is 0 Å². The average molecular weight is 501 g/mol. The van der Waals surface area contributed by atoms with E-state index in [4.69, 9.17) is 11.1 Å². The van der Waals surface area contributed by atoms with Gasteiger partial charge < -0.3 is 6.92 Å². The number of benzene rings is 2. The fourth-order valence-corrected chi connectivity index (χ4v) is 7.18. The van der Waals surface area contributed by atoms with Crippen LogP contribution < -0.4 is 29.2 Å². The SMILES string of the molecule is C1=CCC=C1.C[Si](C)(Cl)c1ccccc1.C[Si](C)(c1ccccc1)C1C=CC=C1.[CH2-]CCC.[Li+]. The number of hydrogen-bond donors (Lipinski definition) is 0. The van der Waals surface area contributed by atoms with Gasteiger partial charge in [-0.3, -0.25) is 0 Å². The monoisotopic (exact) mass is 500 g/mol. The van der Waals surface area contributed by atoms with Gasteiger partial charge in [-0.2, -0.15) is 17.5 Å². The van der Waals surface area contributed by atoms with Crippen LogP contribution in [0.1, 0.15) is 26.2 Å². The number of unbranched alkanes of at least 4 members (excludes halogenated alkanes) is 1. The molecule has 0 heterocycles. The van der Waals surface area contributed by atoms with E-state index in [1.807, 2.05) is 18.2 Å². The van der Waals surface area contributed by atoms with Crippen LogP contribution in [0.2, 0.25) is 31.7 Å². The third kappa shape index (κ3) is 13.0. The first kappa shape index (κ1) is 32.7. The zero-order chi connectivity index (χ0) is 24.6. The van der Waals surface area contributed by atoms with Crippen molar-refractivity contribution in [3.63, 3.8) is 0 Å². The van der Waals surface area contributed by atoms with Gasteiger partial charge in [0.25, 0.3) is 0 Å². The van der Waals surface area contributed by atoms with E-state index in [2.05, 4.69) is 131 Å². The number of hydrogen-bond acceptors (Lipinski definition) is 0. The topological polar surface area (TPSA) is 0 Å². The summed E-state index contributed by atoms with van der Waals surface area (Å²) in [5.41, 5.74) is 0.671. The Morgan fingerprint density at radius 3 is 1.47 bits per heavy atom. The smallest absolute Gasteiger partial charge is 0.343 e. The van der Waals surface area contributed by atoms with Crippen molar-refractivity contribution in [2.24, 2.45) is 0 Å². The van der Waals surface area contributed by atoms with E-state index < -0.39 is 15.5 Å². The Balaban J connectivity index is 0.000000475. The standard InChI is InChI=1S/C13H16Si.C8H11ClSi.C5H6.C4H9.Li/c1-14(2,13-10-6-7-11-13)12-8-4-3-5-9-12;1-10(2,9)8-6-4-3-5-7-8;1-2-4-5-3-1;1-3-4-2;/h3-11,13H,1-2H3;3-7H,1-2H3;1-4H,5H2;1,3-4H2,2H3;/q;;;-1;+1. The molecular formula is C30H42ClLiSi2. The molecule has 178 valence electrons. The fourth-order valence-electron chi connectivity index (χ4n) is 3.20. The Bertz CT molecular complexity index is 855. The summed E-state index contributed by atoms with van der Waals surface area (Å²) in [6.45, 7) is 14.9. The fraction of sp³-hybridized carbons (Fsp3) is 0.300. The van der Waals surface area contributed by atoms with E-state index in [1.54, 1.807) is 5.19 Å². The normalized spacial score (nSPS) is 13.6. The maximum atomic E-state index is 6.20. The number of allylic oxidation sites excluding steroid dienone is 8. The van der Waals surface area contributed by atoms with Crippen LogP contribution in [0.25, 0.3) is 0 Å². The molecule has 0 saturated heterocycles. The zero-order valence-electron chi connectivity index (χ0n) is 22.2. The predicted octanol–water partition coefficient (Wildman–Crippen LogP) is 5.56. The number of halogens is 1. The Morgan fingerprint density at radius 1 is 0.765 bits per heavy atom. The van der Waals surface area contributed by atoms with Gasteiger partial charge in [0, 0.05) is 0 Å². The van der Waals surface area contributed by atoms with E-state index in [1.165, 1.54) is 11.6 Å². The summed E-state index contributed by atoms with van der Waals surface area (Å²) in [7, 11) is -2.88. The maximum Gasteiger partial charge on any atom is 1.00 e. The second-order valence-electron chi connectivity index (χ2n) is 9.17. The minimum Gasteiger partial charge on any atom is -0.343 e. The molecule has 0 saturated carbocycles. The van der Waals surface area contributed by atoms with Crippen molar-refractivity contribution in [1.82, 2.24) is 0 Å². The molecule has 0 atom stereocenters. The molecule has 0 unspecified atom stereocenters. The van der Waals surface area contributed by atoms with Crippen molar-refractivity contribution < 1.29 is 18.9 Å². The summed E-state index contributed by atoms with van der Waals surface area (Å²) in [4.78, 5) is 0. The predicted molar refractivity (Wildman–Crippen MR) is 158 cm³/mol. The van der Waals surface area contributed by atoms with E-state index in [9.17, 15) is 0 Å². The number of rotatable bonds is 4. The van der Waals surface area contributed by atoms with Gasteiger partial charge in [0.1, 0.15) is 0 Å². The molecule has 0 aromatic heterocycles. The molecule has 34 heavy (non-hydrogen) atoms. The third-order valence-corrected chi connectivity index (χ3v) is 11.8. The first-order valence-electron chi connectivity index (χ1n) is 12.0. The van der Waals surface area contributed by atoms with Crippen molar-refractivity contribution in [2.75, 3.05) is 0 Å². The van der Waals surface area contributed by atoms with Crippen LogP contribution in [-0.2, 0) is 0 Å². The van der Waals surface area contributed by atoms with Crippen LogP contribution in [0, 0.1) is 6.92 Å². The summed E-state index contributed by atoms with van der Waals surface area (Å²) >= 11 is 6.20. The molecule has 2 aromatic rings. The largest absolute Gasteiger partial charge is 1.00 e. The van der Waals surface area contributed by atoms with Gasteiger partial charge in [-0.1, -0.05) is 154 Å². The molecule has 0 spiro atoms. The molecular weight excluding hydrogens is 459 g/mol. The van der Waals surface area contributed by atoms with Crippen molar-refractivity contribution in [3.8, 4) is 0 Å². The minimum absolute atomic E-state index is 0. The van der Waals surface area contributed by atoms with Crippen molar-refractivity contribution in [2.45, 2.75) is 57.9 Å². The first-order valence-corrected chi connectivity index (χ1v) is 19.1. The van der Waals surface area contributed by atoms with Crippen molar-refractivity contribution in [3.05, 3.63) is 116 Å². The van der Waals surface area contributed by atoms with E-state index >= 15 is 0 Å². The molecule has 0 fully saturated rings. The summed E-state index contributed by atoms with van der Waals surface area (Å²) in [5.74, 6) is 0. The summed E-state index contributed by atoms with van der Waals surface area (Å²) in [6.07, 6.45) is 20.8. The second-order valence-corrected chi connectivity index (χ2v) is 20.2. The molecule has 0 amide bonds. The van der Waals surface area contributed by atoms with Crippen LogP contribution >= 0.6 is 11.1 Å². The molecule has 4 heteroatoms. The molecule has 0 nitrogen and oxygen atoms in total. The molecule has 2 aromatic carbocycles. The molecule has 0 radical (unpaired) electrons. The Labute approximate surface area is 228 Å². The molecule has 0 N–H and O–H groups in total. The molecule has 4 rings (SSSR count). The molecule has 0 bridgehead atoms. The van der Waals surface area contributed by atoms with Crippen LogP contribution in [0.15, 0.2) is 109 Å². The summed E-state index contributed by atoms with van der Waals surface area (Å²) in [5, 5.41) is 2.85. The molecule has 2 aliphatic carbocycles. The van der Waals surface area contributed by atoms with Gasteiger partial charge in [0.05, 0.1) is 8.07 Å². The minimum atomic E-state index is -1.56. The Morgan fingerprint density at radius 2 is 1.18 bits per heavy atom. The summed E-state index contributed by atoms with van der Waals surface area (Å²) < 4.78 is 0. The van der Waals surface area contributed by atoms with Crippen molar-refractivity contribution in [1.29, 1.82) is 0 Å². The van der Waals surface area contributed by atoms with Crippen LogP contribution in [0.3, 0.4) is 0 Å². The second kappa shape index (κ2) is 18.1. The maximum absolute atomic E-state index is 6.20. The molecule has 0 aliphatic heterocycles. The first-order chi connectivity index (χ1) is 15.7. The van der Waals surface area contributed by atoms with Gasteiger partial charge in [0.2, 0.25) is 0 Å². The third-order valence-electron chi connectivity index (χ3n) is 5.57. The van der Waals surface area contributed by atoms with Crippen LogP contribution in [0.4, 0.5) is 0 Å². The van der Waals surface area contributed by atoms with Crippen molar-refractivity contribution >= 4 is 36.9 Å². The quantitative estimate of drug-likeness (QED) is 0.293. The van der Waals surface area contributed by atoms with Gasteiger partial charge in [-0.15, -0.1) is 0 Å². The van der Waals surface area contributed by atoms with Gasteiger partial charge in [0.15, 0.2) is 7.38 Å². The zero-order valence-corrected chi connectivity index (χ0v) is 24.9. The van der Waals surface area contributed by atoms with Crippen LogP contribution in [-0.4, -0.2) is 15.5 Å². The summed E-state index contributed by atoms with van der Waals surface area (Å²) in [6, 6.07) is 21.2. The van der Waals surface area contributed by atoms with E-state index in [0.717, 1.165) is 12.8 Å². The Kier molecular flexibility index (Phi) is 17.4. The van der Waals surface area contributed by atoms with E-state index in [0.29, 0.717) is 5.54 Å². The van der Waals surface area contributed by atoms with Gasteiger partial charge >= 0.3 is 18.9 Å². The average Bonchev–Trinajstić information content (AvgIpc) is 3.58. The van der Waals surface area contributed by atoms with Gasteiger partial charge in [-0.05, 0) is 17.1 Å². The molecule has 2 aliphatic rings.